The average Bonchev–Trinajstić information content (AvgIpc) is 2.80. The molecule has 1 nitrogen and oxygen atoms in total. The Kier molecular flexibility index (Phi) is 2.17. The summed E-state index contributed by atoms with van der Waals surface area (Å²) >= 11 is 0. The van der Waals surface area contributed by atoms with Gasteiger partial charge in [-0.25, -0.2) is 0 Å². The first-order valence-electron chi connectivity index (χ1n) is 6.35. The standard InChI is InChI=1S/C15H18O/c1-9(2)13-8-12-6-10-4-3-5-11(10)7-14(12)15(13)16/h6-7,9,13H,3-5,8H2,1-2H3. The van der Waals surface area contributed by atoms with E-state index in [2.05, 4.69) is 26.0 Å². The molecular formula is C15H18O. The minimum Gasteiger partial charge on any atom is -0.294 e. The van der Waals surface area contributed by atoms with Crippen molar-refractivity contribution in [3.05, 3.63) is 34.4 Å². The second-order valence-electron chi connectivity index (χ2n) is 5.55. The number of hydrogen-bond donors (Lipinski definition) is 0. The molecule has 0 aliphatic heterocycles. The molecule has 0 spiro atoms. The van der Waals surface area contributed by atoms with Gasteiger partial charge >= 0.3 is 0 Å². The molecule has 1 aromatic rings. The highest BCUT2D eigenvalue weighted by atomic mass is 16.1. The number of carbonyl (C=O) groups excluding carboxylic acids is 1. The van der Waals surface area contributed by atoms with Crippen LogP contribution in [0.2, 0.25) is 0 Å². The van der Waals surface area contributed by atoms with Crippen molar-refractivity contribution >= 4 is 5.78 Å². The Bertz CT molecular complexity index is 457. The zero-order chi connectivity index (χ0) is 11.3. The van der Waals surface area contributed by atoms with Crippen LogP contribution in [0.15, 0.2) is 12.1 Å². The highest BCUT2D eigenvalue weighted by Gasteiger charge is 2.33. The predicted molar refractivity (Wildman–Crippen MR) is 64.8 cm³/mol. The lowest BCUT2D eigenvalue weighted by Crippen LogP contribution is -2.15. The molecular weight excluding hydrogens is 196 g/mol. The smallest absolute Gasteiger partial charge is 0.166 e. The van der Waals surface area contributed by atoms with E-state index in [4.69, 9.17) is 0 Å². The van der Waals surface area contributed by atoms with E-state index in [9.17, 15) is 4.79 Å². The zero-order valence-electron chi connectivity index (χ0n) is 10.0. The maximum atomic E-state index is 12.2. The Morgan fingerprint density at radius 3 is 2.50 bits per heavy atom. The number of Topliss-reactive ketones (excluding diaryl/α,β-unsaturated/α-hetero) is 1. The second-order valence-corrected chi connectivity index (χ2v) is 5.55. The van der Waals surface area contributed by atoms with Crippen molar-refractivity contribution in [2.45, 2.75) is 39.5 Å². The summed E-state index contributed by atoms with van der Waals surface area (Å²) in [6, 6.07) is 4.49. The van der Waals surface area contributed by atoms with Gasteiger partial charge in [0.25, 0.3) is 0 Å². The number of rotatable bonds is 1. The summed E-state index contributed by atoms with van der Waals surface area (Å²) in [5.74, 6) is 1.09. The number of fused-ring (bicyclic) bond motifs is 2. The van der Waals surface area contributed by atoms with E-state index < -0.39 is 0 Å². The van der Waals surface area contributed by atoms with Gasteiger partial charge in [0.15, 0.2) is 5.78 Å². The van der Waals surface area contributed by atoms with Crippen LogP contribution in [0.5, 0.6) is 0 Å². The van der Waals surface area contributed by atoms with Crippen molar-refractivity contribution in [3.8, 4) is 0 Å². The molecule has 2 aliphatic carbocycles. The van der Waals surface area contributed by atoms with E-state index in [1.165, 1.54) is 36.0 Å². The largest absolute Gasteiger partial charge is 0.294 e. The third kappa shape index (κ3) is 1.34. The molecule has 0 N–H and O–H groups in total. The molecule has 1 unspecified atom stereocenters. The highest BCUT2D eigenvalue weighted by molar-refractivity contribution is 6.02. The number of carbonyl (C=O) groups is 1. The molecule has 3 rings (SSSR count). The molecule has 2 aliphatic rings. The molecule has 0 bridgehead atoms. The van der Waals surface area contributed by atoms with Gasteiger partial charge in [-0.3, -0.25) is 4.79 Å². The Hall–Kier alpha value is -1.11. The minimum absolute atomic E-state index is 0.234. The SMILES string of the molecule is CC(C)C1Cc2cc3c(cc2C1=O)CCC3. The molecule has 0 amide bonds. The van der Waals surface area contributed by atoms with Gasteiger partial charge in [0.2, 0.25) is 0 Å². The maximum absolute atomic E-state index is 12.2. The lowest BCUT2D eigenvalue weighted by atomic mass is 9.92. The van der Waals surface area contributed by atoms with E-state index in [0.717, 1.165) is 12.0 Å². The lowest BCUT2D eigenvalue weighted by molar-refractivity contribution is 0.0906. The third-order valence-electron chi connectivity index (χ3n) is 4.16. The molecule has 1 heteroatoms. The van der Waals surface area contributed by atoms with Crippen molar-refractivity contribution in [2.24, 2.45) is 11.8 Å². The molecule has 0 radical (unpaired) electrons. The Morgan fingerprint density at radius 2 is 1.81 bits per heavy atom. The van der Waals surface area contributed by atoms with Crippen molar-refractivity contribution in [2.75, 3.05) is 0 Å². The van der Waals surface area contributed by atoms with E-state index in [0.29, 0.717) is 11.7 Å². The molecule has 1 atom stereocenters. The summed E-state index contributed by atoms with van der Waals surface area (Å²) in [6.07, 6.45) is 4.62. The third-order valence-corrected chi connectivity index (χ3v) is 4.16. The summed E-state index contributed by atoms with van der Waals surface area (Å²) in [6.45, 7) is 4.31. The number of aryl methyl sites for hydroxylation is 2. The van der Waals surface area contributed by atoms with Crippen LogP contribution in [0.3, 0.4) is 0 Å². The van der Waals surface area contributed by atoms with Crippen LogP contribution in [0.1, 0.15) is 47.3 Å². The molecule has 0 aromatic heterocycles. The van der Waals surface area contributed by atoms with Gasteiger partial charge in [-0.05, 0) is 54.4 Å². The summed E-state index contributed by atoms with van der Waals surface area (Å²) in [5, 5.41) is 0. The van der Waals surface area contributed by atoms with Gasteiger partial charge < -0.3 is 0 Å². The molecule has 16 heavy (non-hydrogen) atoms. The van der Waals surface area contributed by atoms with Crippen LogP contribution >= 0.6 is 0 Å². The van der Waals surface area contributed by atoms with E-state index in [1.54, 1.807) is 0 Å². The zero-order valence-corrected chi connectivity index (χ0v) is 10.0. The quantitative estimate of drug-likeness (QED) is 0.701. The molecule has 0 fully saturated rings. The molecule has 84 valence electrons. The normalized spacial score (nSPS) is 22.7. The van der Waals surface area contributed by atoms with E-state index in [-0.39, 0.29) is 5.92 Å². The van der Waals surface area contributed by atoms with Crippen LogP contribution in [-0.2, 0) is 19.3 Å². The van der Waals surface area contributed by atoms with Gasteiger partial charge in [0, 0.05) is 11.5 Å². The molecule has 0 saturated heterocycles. The van der Waals surface area contributed by atoms with Crippen LogP contribution in [-0.4, -0.2) is 5.78 Å². The first-order chi connectivity index (χ1) is 7.66. The van der Waals surface area contributed by atoms with Crippen LogP contribution in [0.25, 0.3) is 0 Å². The molecule has 0 heterocycles. The Balaban J connectivity index is 2.05. The first kappa shape index (κ1) is 10.1. The van der Waals surface area contributed by atoms with E-state index in [1.807, 2.05) is 0 Å². The monoisotopic (exact) mass is 214 g/mol. The molecule has 0 saturated carbocycles. The van der Waals surface area contributed by atoms with Crippen LogP contribution in [0.4, 0.5) is 0 Å². The Morgan fingerprint density at radius 1 is 1.12 bits per heavy atom. The van der Waals surface area contributed by atoms with Gasteiger partial charge in [-0.2, -0.15) is 0 Å². The fraction of sp³-hybridized carbons (Fsp3) is 0.533. The Labute approximate surface area is 96.9 Å². The van der Waals surface area contributed by atoms with Crippen molar-refractivity contribution < 1.29 is 4.79 Å². The first-order valence-corrected chi connectivity index (χ1v) is 6.35. The number of hydrogen-bond acceptors (Lipinski definition) is 1. The fourth-order valence-corrected chi connectivity index (χ4v) is 3.14. The lowest BCUT2D eigenvalue weighted by Gasteiger charge is -2.10. The van der Waals surface area contributed by atoms with Crippen molar-refractivity contribution in [1.29, 1.82) is 0 Å². The summed E-state index contributed by atoms with van der Waals surface area (Å²) in [5.41, 5.74) is 5.26. The van der Waals surface area contributed by atoms with Crippen LogP contribution in [0, 0.1) is 11.8 Å². The second kappa shape index (κ2) is 3.44. The molecule has 1 aromatic carbocycles. The summed E-state index contributed by atoms with van der Waals surface area (Å²) in [7, 11) is 0. The maximum Gasteiger partial charge on any atom is 0.166 e. The topological polar surface area (TPSA) is 17.1 Å². The summed E-state index contributed by atoms with van der Waals surface area (Å²) in [4.78, 5) is 12.2. The van der Waals surface area contributed by atoms with Crippen molar-refractivity contribution in [3.63, 3.8) is 0 Å². The van der Waals surface area contributed by atoms with Gasteiger partial charge in [0.05, 0.1) is 0 Å². The van der Waals surface area contributed by atoms with Crippen LogP contribution < -0.4 is 0 Å². The average molecular weight is 214 g/mol. The minimum atomic E-state index is 0.234. The highest BCUT2D eigenvalue weighted by Crippen LogP contribution is 2.35. The summed E-state index contributed by atoms with van der Waals surface area (Å²) < 4.78 is 0. The number of benzene rings is 1. The van der Waals surface area contributed by atoms with Gasteiger partial charge in [-0.15, -0.1) is 0 Å². The fourth-order valence-electron chi connectivity index (χ4n) is 3.14. The number of ketones is 1. The predicted octanol–water partition coefficient (Wildman–Crippen LogP) is 3.19. The van der Waals surface area contributed by atoms with E-state index >= 15 is 0 Å². The van der Waals surface area contributed by atoms with Crippen molar-refractivity contribution in [1.82, 2.24) is 0 Å². The van der Waals surface area contributed by atoms with Gasteiger partial charge in [0.1, 0.15) is 0 Å². The van der Waals surface area contributed by atoms with Gasteiger partial charge in [-0.1, -0.05) is 19.9 Å².